The third kappa shape index (κ3) is 5.06. The van der Waals surface area contributed by atoms with Crippen molar-refractivity contribution in [2.24, 2.45) is 0 Å². The van der Waals surface area contributed by atoms with E-state index in [4.69, 9.17) is 5.73 Å². The third-order valence-electron chi connectivity index (χ3n) is 5.36. The molecule has 0 saturated carbocycles. The molecule has 174 valence electrons. The minimum atomic E-state index is -0.882. The summed E-state index contributed by atoms with van der Waals surface area (Å²) in [6.07, 6.45) is 1.66. The summed E-state index contributed by atoms with van der Waals surface area (Å²) >= 11 is 0. The van der Waals surface area contributed by atoms with E-state index >= 15 is 0 Å². The number of nitrogens with two attached hydrogens (primary N) is 1. The fraction of sp³-hybridized carbons (Fsp3) is 0.250. The van der Waals surface area contributed by atoms with Crippen LogP contribution in [-0.4, -0.2) is 41.0 Å². The van der Waals surface area contributed by atoms with Crippen molar-refractivity contribution in [2.45, 2.75) is 39.2 Å². The first-order valence-corrected chi connectivity index (χ1v) is 10.6. The molecule has 10 heteroatoms. The highest BCUT2D eigenvalue weighted by Crippen LogP contribution is 2.27. The number of carbonyl (C=O) groups is 1. The molecule has 3 aromatic heterocycles. The van der Waals surface area contributed by atoms with Crippen molar-refractivity contribution in [1.82, 2.24) is 29.9 Å². The molecule has 3 N–H and O–H groups in total. The van der Waals surface area contributed by atoms with E-state index in [0.717, 1.165) is 5.56 Å². The summed E-state index contributed by atoms with van der Waals surface area (Å²) < 4.78 is 16.0. The molecule has 0 saturated heterocycles. The number of aryl methyl sites for hydroxylation is 1. The van der Waals surface area contributed by atoms with Crippen LogP contribution in [0, 0.1) is 12.7 Å². The number of nitrogen functional groups attached to an aromatic ring is 1. The fourth-order valence-corrected chi connectivity index (χ4v) is 3.64. The summed E-state index contributed by atoms with van der Waals surface area (Å²) in [5, 5.41) is 17.5. The van der Waals surface area contributed by atoms with Gasteiger partial charge in [0.1, 0.15) is 11.5 Å². The molecule has 0 atom stereocenters. The molecule has 1 aromatic carbocycles. The molecular weight excluding hydrogens is 437 g/mol. The Morgan fingerprint density at radius 2 is 1.85 bits per heavy atom. The van der Waals surface area contributed by atoms with E-state index in [9.17, 15) is 14.3 Å². The number of pyridine rings is 1. The molecule has 0 aliphatic rings. The normalized spacial score (nSPS) is 11.5. The van der Waals surface area contributed by atoms with Crippen molar-refractivity contribution in [2.75, 3.05) is 5.73 Å². The predicted octanol–water partition coefficient (Wildman–Crippen LogP) is 3.63. The Morgan fingerprint density at radius 1 is 1.09 bits per heavy atom. The molecule has 0 aliphatic carbocycles. The number of carboxylic acid groups (broad SMARTS) is 1. The number of aliphatic carboxylic acids is 1. The van der Waals surface area contributed by atoms with Crippen molar-refractivity contribution in [3.8, 4) is 22.6 Å². The lowest BCUT2D eigenvalue weighted by molar-refractivity contribution is -0.138. The van der Waals surface area contributed by atoms with Crippen LogP contribution in [0.5, 0.6) is 0 Å². The van der Waals surface area contributed by atoms with Gasteiger partial charge in [-0.05, 0) is 37.3 Å². The van der Waals surface area contributed by atoms with Crippen LogP contribution in [0.3, 0.4) is 0 Å². The van der Waals surface area contributed by atoms with Crippen LogP contribution in [0.1, 0.15) is 37.2 Å². The topological polar surface area (TPSA) is 133 Å². The van der Waals surface area contributed by atoms with Crippen molar-refractivity contribution < 1.29 is 14.3 Å². The number of halogens is 1. The standard InChI is InChI=1S/C24H24FN7O2/c1-14-7-8-17(25)16(9-14)18-10-19(29-23(26)28-18)20-13-32(31-30-20)12-15-5-4-6-21(27-15)24(2,3)11-22(33)34/h4-10,13H,11-12H2,1-3H3,(H,33,34)(H2,26,28,29). The SMILES string of the molecule is Cc1ccc(F)c(-c2cc(-c3cn(Cc4cccc(C(C)(C)CC(=O)O)n4)nn3)nc(N)n2)c1. The van der Waals surface area contributed by atoms with E-state index in [1.807, 2.05) is 39.0 Å². The van der Waals surface area contributed by atoms with Crippen LogP contribution in [0.4, 0.5) is 10.3 Å². The number of benzene rings is 1. The van der Waals surface area contributed by atoms with Gasteiger partial charge in [0.2, 0.25) is 5.95 Å². The lowest BCUT2D eigenvalue weighted by Crippen LogP contribution is -2.23. The Kier molecular flexibility index (Phi) is 6.06. The molecule has 0 unspecified atom stereocenters. The molecule has 0 aliphatic heterocycles. The van der Waals surface area contributed by atoms with Crippen LogP contribution in [-0.2, 0) is 16.8 Å². The molecule has 0 radical (unpaired) electrons. The Balaban J connectivity index is 1.60. The lowest BCUT2D eigenvalue weighted by Gasteiger charge is -2.22. The number of nitrogens with zero attached hydrogens (tertiary/aromatic N) is 6. The van der Waals surface area contributed by atoms with Crippen LogP contribution >= 0.6 is 0 Å². The van der Waals surface area contributed by atoms with Gasteiger partial charge in [0.15, 0.2) is 0 Å². The maximum absolute atomic E-state index is 14.4. The molecule has 9 nitrogen and oxygen atoms in total. The highest BCUT2D eigenvalue weighted by Gasteiger charge is 2.26. The molecule has 4 aromatic rings. The zero-order valence-electron chi connectivity index (χ0n) is 19.0. The first-order valence-electron chi connectivity index (χ1n) is 10.6. The molecule has 4 rings (SSSR count). The second-order valence-corrected chi connectivity index (χ2v) is 8.75. The number of rotatable bonds is 7. The number of aromatic nitrogens is 6. The van der Waals surface area contributed by atoms with Crippen LogP contribution in [0.2, 0.25) is 0 Å². The summed E-state index contributed by atoms with van der Waals surface area (Å²) in [5.74, 6) is -1.29. The van der Waals surface area contributed by atoms with Crippen molar-refractivity contribution in [1.29, 1.82) is 0 Å². The monoisotopic (exact) mass is 461 g/mol. The maximum atomic E-state index is 14.4. The predicted molar refractivity (Wildman–Crippen MR) is 124 cm³/mol. The third-order valence-corrected chi connectivity index (χ3v) is 5.36. The van der Waals surface area contributed by atoms with Gasteiger partial charge in [-0.1, -0.05) is 36.8 Å². The zero-order valence-corrected chi connectivity index (χ0v) is 19.0. The van der Waals surface area contributed by atoms with Gasteiger partial charge < -0.3 is 10.8 Å². The van der Waals surface area contributed by atoms with Gasteiger partial charge in [-0.25, -0.2) is 19.0 Å². The van der Waals surface area contributed by atoms with Gasteiger partial charge in [-0.2, -0.15) is 0 Å². The molecule has 0 spiro atoms. The molecule has 34 heavy (non-hydrogen) atoms. The molecule has 0 amide bonds. The van der Waals surface area contributed by atoms with Crippen molar-refractivity contribution in [3.05, 3.63) is 71.4 Å². The van der Waals surface area contributed by atoms with Gasteiger partial charge in [-0.3, -0.25) is 9.78 Å². The minimum Gasteiger partial charge on any atom is -0.481 e. The van der Waals surface area contributed by atoms with Crippen LogP contribution in [0.15, 0.2) is 48.7 Å². The number of hydrogen-bond acceptors (Lipinski definition) is 7. The average Bonchev–Trinajstić information content (AvgIpc) is 3.23. The molecule has 3 heterocycles. The Bertz CT molecular complexity index is 1370. The Morgan fingerprint density at radius 3 is 2.62 bits per heavy atom. The second kappa shape index (κ2) is 8.97. The number of carboxylic acids is 1. The van der Waals surface area contributed by atoms with Gasteiger partial charge in [0.05, 0.1) is 36.2 Å². The summed E-state index contributed by atoms with van der Waals surface area (Å²) in [6, 6.07) is 11.9. The summed E-state index contributed by atoms with van der Waals surface area (Å²) in [4.78, 5) is 24.2. The van der Waals surface area contributed by atoms with Gasteiger partial charge in [-0.15, -0.1) is 5.10 Å². The van der Waals surface area contributed by atoms with E-state index < -0.39 is 17.2 Å². The highest BCUT2D eigenvalue weighted by molar-refractivity contribution is 5.69. The van der Waals surface area contributed by atoms with Crippen LogP contribution < -0.4 is 5.73 Å². The van der Waals surface area contributed by atoms with E-state index in [-0.39, 0.29) is 12.4 Å². The lowest BCUT2D eigenvalue weighted by atomic mass is 9.85. The van der Waals surface area contributed by atoms with Crippen molar-refractivity contribution >= 4 is 11.9 Å². The van der Waals surface area contributed by atoms with E-state index in [0.29, 0.717) is 40.6 Å². The van der Waals surface area contributed by atoms with Gasteiger partial charge in [0, 0.05) is 16.7 Å². The van der Waals surface area contributed by atoms with Crippen LogP contribution in [0.25, 0.3) is 22.6 Å². The number of anilines is 1. The van der Waals surface area contributed by atoms with Crippen molar-refractivity contribution in [3.63, 3.8) is 0 Å². The smallest absolute Gasteiger partial charge is 0.304 e. The largest absolute Gasteiger partial charge is 0.481 e. The summed E-state index contributed by atoms with van der Waals surface area (Å²) in [6.45, 7) is 5.87. The second-order valence-electron chi connectivity index (χ2n) is 8.75. The van der Waals surface area contributed by atoms with E-state index in [1.165, 1.54) is 6.07 Å². The Hall–Kier alpha value is -4.21. The first-order chi connectivity index (χ1) is 16.1. The minimum absolute atomic E-state index is 0.00186. The van der Waals surface area contributed by atoms with Gasteiger partial charge in [0.25, 0.3) is 0 Å². The molecule has 0 fully saturated rings. The molecular formula is C24H24FN7O2. The fourth-order valence-electron chi connectivity index (χ4n) is 3.64. The average molecular weight is 462 g/mol. The maximum Gasteiger partial charge on any atom is 0.304 e. The summed E-state index contributed by atoms with van der Waals surface area (Å²) in [5.41, 5.74) is 9.10. The van der Waals surface area contributed by atoms with Gasteiger partial charge >= 0.3 is 5.97 Å². The molecule has 0 bridgehead atoms. The highest BCUT2D eigenvalue weighted by atomic mass is 19.1. The van der Waals surface area contributed by atoms with E-state index in [1.54, 1.807) is 29.1 Å². The Labute approximate surface area is 195 Å². The first kappa shape index (κ1) is 23.0. The number of hydrogen-bond donors (Lipinski definition) is 2. The quantitative estimate of drug-likeness (QED) is 0.426. The zero-order chi connectivity index (χ0) is 24.5. The van der Waals surface area contributed by atoms with E-state index in [2.05, 4.69) is 25.3 Å². The summed E-state index contributed by atoms with van der Waals surface area (Å²) in [7, 11) is 0.